The van der Waals surface area contributed by atoms with Crippen molar-refractivity contribution in [3.63, 3.8) is 0 Å². The third-order valence-corrected chi connectivity index (χ3v) is 6.24. The molecule has 6 nitrogen and oxygen atoms in total. The summed E-state index contributed by atoms with van der Waals surface area (Å²) < 4.78 is 5.89. The first kappa shape index (κ1) is 23.1. The van der Waals surface area contributed by atoms with E-state index in [0.717, 1.165) is 68.9 Å². The summed E-state index contributed by atoms with van der Waals surface area (Å²) in [6.45, 7) is 5.72. The zero-order valence-electron chi connectivity index (χ0n) is 19.2. The van der Waals surface area contributed by atoms with Gasteiger partial charge in [-0.3, -0.25) is 14.5 Å². The normalized spacial score (nSPS) is 17.3. The molecule has 0 aliphatic carbocycles. The van der Waals surface area contributed by atoms with E-state index in [1.54, 1.807) is 6.08 Å². The Hall–Kier alpha value is -3.12. The molecule has 2 aliphatic rings. The Balaban J connectivity index is 1.26. The van der Waals surface area contributed by atoms with E-state index in [0.29, 0.717) is 19.7 Å². The van der Waals surface area contributed by atoms with Gasteiger partial charge in [-0.15, -0.1) is 0 Å². The van der Waals surface area contributed by atoms with Crippen LogP contribution >= 0.6 is 0 Å². The Bertz CT molecular complexity index is 954. The second-order valence-electron chi connectivity index (χ2n) is 8.72. The van der Waals surface area contributed by atoms with Crippen molar-refractivity contribution in [2.45, 2.75) is 25.9 Å². The second kappa shape index (κ2) is 11.7. The van der Waals surface area contributed by atoms with E-state index in [4.69, 9.17) is 4.74 Å². The molecule has 33 heavy (non-hydrogen) atoms. The van der Waals surface area contributed by atoms with Gasteiger partial charge in [-0.1, -0.05) is 42.5 Å². The Morgan fingerprint density at radius 1 is 0.818 bits per heavy atom. The number of hydrogen-bond acceptors (Lipinski definition) is 4. The van der Waals surface area contributed by atoms with Crippen LogP contribution in [0.15, 0.2) is 60.7 Å². The summed E-state index contributed by atoms with van der Waals surface area (Å²) in [6.07, 6.45) is 6.60. The van der Waals surface area contributed by atoms with Crippen molar-refractivity contribution in [1.82, 2.24) is 14.7 Å². The van der Waals surface area contributed by atoms with Crippen molar-refractivity contribution in [3.05, 3.63) is 71.8 Å². The van der Waals surface area contributed by atoms with E-state index < -0.39 is 0 Å². The maximum atomic E-state index is 12.8. The maximum absolute atomic E-state index is 12.8. The fraction of sp³-hybridized carbons (Fsp3) is 0.407. The molecular formula is C27H33N3O3. The lowest BCUT2D eigenvalue weighted by atomic mass is 10.2. The number of ether oxygens (including phenoxy) is 1. The minimum absolute atomic E-state index is 0.0123. The zero-order chi connectivity index (χ0) is 22.9. The molecule has 2 aromatic carbocycles. The van der Waals surface area contributed by atoms with Crippen LogP contribution in [0.1, 0.15) is 30.4 Å². The van der Waals surface area contributed by atoms with Crippen molar-refractivity contribution in [3.8, 4) is 5.75 Å². The molecule has 0 radical (unpaired) electrons. The van der Waals surface area contributed by atoms with Crippen LogP contribution in [-0.2, 0) is 16.2 Å². The van der Waals surface area contributed by atoms with Gasteiger partial charge in [0.1, 0.15) is 12.4 Å². The van der Waals surface area contributed by atoms with Gasteiger partial charge in [0.2, 0.25) is 11.8 Å². The zero-order valence-corrected chi connectivity index (χ0v) is 19.2. The Morgan fingerprint density at radius 3 is 2.42 bits per heavy atom. The molecule has 2 fully saturated rings. The van der Waals surface area contributed by atoms with Gasteiger partial charge in [0.05, 0.1) is 6.54 Å². The lowest BCUT2D eigenvalue weighted by Crippen LogP contribution is -2.41. The van der Waals surface area contributed by atoms with Crippen molar-refractivity contribution in [2.75, 3.05) is 45.8 Å². The summed E-state index contributed by atoms with van der Waals surface area (Å²) in [5.74, 6) is 1.02. The molecule has 2 heterocycles. The molecule has 4 rings (SSSR count). The van der Waals surface area contributed by atoms with E-state index in [1.165, 1.54) is 0 Å². The highest BCUT2D eigenvalue weighted by atomic mass is 16.5. The standard InChI is InChI=1S/C27H33N3O3/c31-26(30-17-7-14-28(18-19-30)21-27(32)29-15-4-5-16-29)13-12-23-10-6-11-25(20-23)33-22-24-8-2-1-3-9-24/h1-3,6,8-13,20H,4-5,7,14-19,21-22H2/b13-12+. The minimum atomic E-state index is 0.0123. The van der Waals surface area contributed by atoms with Crippen LogP contribution < -0.4 is 4.74 Å². The van der Waals surface area contributed by atoms with E-state index in [2.05, 4.69) is 4.90 Å². The maximum Gasteiger partial charge on any atom is 0.246 e. The largest absolute Gasteiger partial charge is 0.489 e. The molecule has 0 atom stereocenters. The number of carbonyl (C=O) groups excluding carboxylic acids is 2. The van der Waals surface area contributed by atoms with E-state index in [9.17, 15) is 9.59 Å². The molecule has 6 heteroatoms. The van der Waals surface area contributed by atoms with Crippen LogP contribution in [0.3, 0.4) is 0 Å². The van der Waals surface area contributed by atoms with Crippen molar-refractivity contribution in [2.24, 2.45) is 0 Å². The monoisotopic (exact) mass is 447 g/mol. The van der Waals surface area contributed by atoms with E-state index in [1.807, 2.05) is 70.5 Å². The Kier molecular flexibility index (Phi) is 8.14. The first-order chi connectivity index (χ1) is 16.2. The summed E-state index contributed by atoms with van der Waals surface area (Å²) >= 11 is 0. The lowest BCUT2D eigenvalue weighted by molar-refractivity contribution is -0.131. The van der Waals surface area contributed by atoms with Crippen LogP contribution in [-0.4, -0.2) is 72.3 Å². The summed E-state index contributed by atoms with van der Waals surface area (Å²) in [5, 5.41) is 0. The van der Waals surface area contributed by atoms with E-state index >= 15 is 0 Å². The fourth-order valence-corrected chi connectivity index (χ4v) is 4.33. The second-order valence-corrected chi connectivity index (χ2v) is 8.72. The summed E-state index contributed by atoms with van der Waals surface area (Å²) in [7, 11) is 0. The smallest absolute Gasteiger partial charge is 0.246 e. The number of likely N-dealkylation sites (tertiary alicyclic amines) is 1. The Labute approximate surface area is 196 Å². The van der Waals surface area contributed by atoms with Gasteiger partial charge in [-0.2, -0.15) is 0 Å². The SMILES string of the molecule is O=C(/C=C/c1cccc(OCc2ccccc2)c1)N1CCCN(CC(=O)N2CCCC2)CC1. The third-order valence-electron chi connectivity index (χ3n) is 6.24. The summed E-state index contributed by atoms with van der Waals surface area (Å²) in [6, 6.07) is 17.8. The van der Waals surface area contributed by atoms with Gasteiger partial charge in [0.15, 0.2) is 0 Å². The van der Waals surface area contributed by atoms with Crippen LogP contribution in [0.5, 0.6) is 5.75 Å². The fourth-order valence-electron chi connectivity index (χ4n) is 4.33. The molecule has 0 spiro atoms. The average Bonchev–Trinajstić information content (AvgIpc) is 3.29. The number of benzene rings is 2. The molecular weight excluding hydrogens is 414 g/mol. The predicted molar refractivity (Wildman–Crippen MR) is 130 cm³/mol. The number of rotatable bonds is 7. The molecule has 2 aromatic rings. The predicted octanol–water partition coefficient (Wildman–Crippen LogP) is 3.44. The molecule has 2 saturated heterocycles. The van der Waals surface area contributed by atoms with Crippen LogP contribution in [0.25, 0.3) is 6.08 Å². The van der Waals surface area contributed by atoms with Gasteiger partial charge in [0, 0.05) is 45.3 Å². The van der Waals surface area contributed by atoms with Crippen molar-refractivity contribution in [1.29, 1.82) is 0 Å². The van der Waals surface area contributed by atoms with Gasteiger partial charge in [-0.05, 0) is 48.6 Å². The highest BCUT2D eigenvalue weighted by molar-refractivity contribution is 5.91. The molecule has 0 aromatic heterocycles. The van der Waals surface area contributed by atoms with Crippen LogP contribution in [0, 0.1) is 0 Å². The Morgan fingerprint density at radius 2 is 1.61 bits per heavy atom. The molecule has 174 valence electrons. The molecule has 0 bridgehead atoms. The summed E-state index contributed by atoms with van der Waals surface area (Å²) in [4.78, 5) is 31.2. The third kappa shape index (κ3) is 6.93. The molecule has 0 saturated carbocycles. The molecule has 2 amide bonds. The van der Waals surface area contributed by atoms with E-state index in [-0.39, 0.29) is 11.8 Å². The number of hydrogen-bond donors (Lipinski definition) is 0. The van der Waals surface area contributed by atoms with Gasteiger partial charge >= 0.3 is 0 Å². The molecule has 2 aliphatic heterocycles. The van der Waals surface area contributed by atoms with Crippen LogP contribution in [0.4, 0.5) is 0 Å². The molecule has 0 N–H and O–H groups in total. The van der Waals surface area contributed by atoms with Crippen molar-refractivity contribution < 1.29 is 14.3 Å². The quantitative estimate of drug-likeness (QED) is 0.611. The number of nitrogens with zero attached hydrogens (tertiary/aromatic N) is 3. The van der Waals surface area contributed by atoms with Crippen LogP contribution in [0.2, 0.25) is 0 Å². The molecule has 0 unspecified atom stereocenters. The lowest BCUT2D eigenvalue weighted by Gasteiger charge is -2.23. The number of carbonyl (C=O) groups is 2. The average molecular weight is 448 g/mol. The summed E-state index contributed by atoms with van der Waals surface area (Å²) in [5.41, 5.74) is 2.05. The van der Waals surface area contributed by atoms with Crippen molar-refractivity contribution >= 4 is 17.9 Å². The first-order valence-electron chi connectivity index (χ1n) is 11.9. The topological polar surface area (TPSA) is 53.1 Å². The number of amides is 2. The van der Waals surface area contributed by atoms with Gasteiger partial charge in [0.25, 0.3) is 0 Å². The highest BCUT2D eigenvalue weighted by Gasteiger charge is 2.23. The highest BCUT2D eigenvalue weighted by Crippen LogP contribution is 2.17. The van der Waals surface area contributed by atoms with Gasteiger partial charge < -0.3 is 14.5 Å². The van der Waals surface area contributed by atoms with Gasteiger partial charge in [-0.25, -0.2) is 0 Å². The first-order valence-corrected chi connectivity index (χ1v) is 11.9. The minimum Gasteiger partial charge on any atom is -0.489 e.